The molecule has 0 radical (unpaired) electrons. The second-order valence-corrected chi connectivity index (χ2v) is 13.1. The molecule has 2 saturated heterocycles. The van der Waals surface area contributed by atoms with Crippen molar-refractivity contribution in [2.75, 3.05) is 18.1 Å². The maximum absolute atomic E-state index is 11.8. The van der Waals surface area contributed by atoms with E-state index in [9.17, 15) is 29.7 Å². The molecule has 5 aliphatic rings. The van der Waals surface area contributed by atoms with E-state index < -0.39 is 74.3 Å². The van der Waals surface area contributed by atoms with Gasteiger partial charge in [0, 0.05) is 41.1 Å². The lowest BCUT2D eigenvalue weighted by Crippen LogP contribution is -2.58. The molecule has 2 fully saturated rings. The summed E-state index contributed by atoms with van der Waals surface area (Å²) in [7, 11) is 0. The number of aromatic nitrogens is 1. The van der Waals surface area contributed by atoms with Gasteiger partial charge in [0.1, 0.15) is 65.1 Å². The van der Waals surface area contributed by atoms with Crippen molar-refractivity contribution < 1.29 is 111 Å². The van der Waals surface area contributed by atoms with Crippen LogP contribution in [0.3, 0.4) is 0 Å². The fraction of sp³-hybridized carbons (Fsp3) is 0.316. The van der Waals surface area contributed by atoms with Crippen molar-refractivity contribution in [2.45, 2.75) is 62.0 Å². The number of ether oxygens (including phenoxy) is 3. The molecule has 3 aromatic carbocycles. The van der Waals surface area contributed by atoms with E-state index in [0.29, 0.717) is 45.4 Å². The quantitative estimate of drug-likeness (QED) is 0.0426. The zero-order chi connectivity index (χ0) is 49.3. The smallest absolute Gasteiger partial charge is 0.338 e. The maximum Gasteiger partial charge on any atom is 0.338 e. The Morgan fingerprint density at radius 2 is 1.15 bits per heavy atom. The molecule has 27 heteroatoms. The molecule has 9 unspecified atom stereocenters. The SMILES string of the molecule is CC(=O)N1c2ccc(O)cc2Oc2cc(O)ccc21.O=C1OC(CO)C(O)C(O)C1O.O=O.O=c1ccc2nc3ccc(O)cc3oc-2c1.OCC1OC(O)C(O)C(O)C1O.OO.OO. The van der Waals surface area contributed by atoms with E-state index in [2.05, 4.69) is 14.5 Å². The van der Waals surface area contributed by atoms with Gasteiger partial charge in [-0.1, -0.05) is 0 Å². The number of rotatable bonds is 2. The number of fused-ring (bicyclic) bond motifs is 4. The molecule has 0 spiro atoms. The minimum Gasteiger partial charge on any atom is -0.508 e. The van der Waals surface area contributed by atoms with Crippen LogP contribution in [0.1, 0.15) is 6.92 Å². The minimum atomic E-state index is -1.73. The molecule has 27 nitrogen and oxygen atoms in total. The topological polar surface area (TPSA) is 466 Å². The molecule has 0 bridgehead atoms. The van der Waals surface area contributed by atoms with Gasteiger partial charge in [-0.25, -0.2) is 9.78 Å². The highest BCUT2D eigenvalue weighted by atomic mass is 17.0. The number of anilines is 2. The van der Waals surface area contributed by atoms with Crippen LogP contribution in [0.2, 0.25) is 0 Å². The lowest BCUT2D eigenvalue weighted by molar-refractivity contribution is -0.286. The Bertz CT molecular complexity index is 2250. The molecule has 0 aromatic heterocycles. The molecule has 8 rings (SSSR count). The van der Waals surface area contributed by atoms with Crippen molar-refractivity contribution in [1.29, 1.82) is 0 Å². The standard InChI is InChI=1S/C14H11NO4.C12H7NO3.C6H12O6.C6H10O6.2H2O2.O2/c1-8(16)15-11-4-2-9(17)6-13(11)19-14-7-10(18)3-5-12(14)15;14-7-1-3-9-11(5-7)16-12-6-8(15)2-4-10(12)13-9;2*7-1-2-3(8)4(9)5(10)6(11)12-2;3*1-2/h2-7,17-18H,1H3;1-6,14H;2-11H,1H2;2-5,7-10H,1H2;2*1-2H;. The van der Waals surface area contributed by atoms with E-state index in [1.807, 2.05) is 0 Å². The van der Waals surface area contributed by atoms with Crippen LogP contribution in [0.4, 0.5) is 11.4 Å². The fourth-order valence-electron chi connectivity index (χ4n) is 5.78. The number of cyclic esters (lactones) is 1. The van der Waals surface area contributed by atoms with Gasteiger partial charge in [0.15, 0.2) is 46.8 Å². The summed E-state index contributed by atoms with van der Waals surface area (Å²) in [5, 5.41) is 132. The predicted octanol–water partition coefficient (Wildman–Crippen LogP) is -1.25. The zero-order valence-corrected chi connectivity index (χ0v) is 33.3. The molecule has 4 aliphatic heterocycles. The first-order chi connectivity index (χ1) is 30.9. The number of nitrogens with zero attached hydrogens (tertiary/aromatic N) is 2. The van der Waals surface area contributed by atoms with Gasteiger partial charge in [-0.15, -0.1) is 0 Å². The van der Waals surface area contributed by atoms with E-state index >= 15 is 0 Å². The van der Waals surface area contributed by atoms with Gasteiger partial charge < -0.3 is 79.9 Å². The Hall–Kier alpha value is -6.54. The third-order valence-electron chi connectivity index (χ3n) is 8.85. The van der Waals surface area contributed by atoms with Crippen LogP contribution < -0.4 is 15.1 Å². The number of hydrogen-bond donors (Lipinski definition) is 16. The summed E-state index contributed by atoms with van der Waals surface area (Å²) in [4.78, 5) is 53.4. The molecule has 0 saturated carbocycles. The molecular weight excluding hydrogens is 884 g/mol. The maximum atomic E-state index is 11.8. The van der Waals surface area contributed by atoms with E-state index in [0.717, 1.165) is 0 Å². The normalized spacial score (nSPS) is 23.5. The van der Waals surface area contributed by atoms with Crippen LogP contribution >= 0.6 is 0 Å². The lowest BCUT2D eigenvalue weighted by atomic mass is 10.00. The predicted molar refractivity (Wildman–Crippen MR) is 216 cm³/mol. The number of aliphatic hydroxyl groups excluding tert-OH is 9. The van der Waals surface area contributed by atoms with Gasteiger partial charge in [-0.3, -0.25) is 35.5 Å². The number of phenolic OH excluding ortho intramolecular Hbond substituents is 3. The largest absolute Gasteiger partial charge is 0.508 e. The second-order valence-electron chi connectivity index (χ2n) is 13.1. The van der Waals surface area contributed by atoms with E-state index in [1.165, 1.54) is 54.3 Å². The molecular formula is C38H44N2O25. The molecule has 356 valence electrons. The molecule has 9 atom stereocenters. The first kappa shape index (κ1) is 54.6. The Kier molecular flexibility index (Phi) is 21.6. The van der Waals surface area contributed by atoms with Gasteiger partial charge in [0.2, 0.25) is 5.91 Å². The van der Waals surface area contributed by atoms with Gasteiger partial charge in [0.25, 0.3) is 0 Å². The van der Waals surface area contributed by atoms with E-state index in [1.54, 1.807) is 30.3 Å². The third-order valence-corrected chi connectivity index (χ3v) is 8.85. The highest BCUT2D eigenvalue weighted by molar-refractivity contribution is 6.03. The second kappa shape index (κ2) is 25.7. The van der Waals surface area contributed by atoms with Crippen molar-refractivity contribution in [3.05, 3.63) is 92.9 Å². The number of carbonyl (C=O) groups is 2. The fourth-order valence-corrected chi connectivity index (χ4v) is 5.78. The van der Waals surface area contributed by atoms with E-state index in [4.69, 9.17) is 86.1 Å². The number of esters is 1. The Morgan fingerprint density at radius 3 is 1.68 bits per heavy atom. The first-order valence-electron chi connectivity index (χ1n) is 18.0. The summed E-state index contributed by atoms with van der Waals surface area (Å²) >= 11 is 0. The summed E-state index contributed by atoms with van der Waals surface area (Å²) in [6, 6.07) is 18.2. The van der Waals surface area contributed by atoms with Gasteiger partial charge >= 0.3 is 5.97 Å². The Morgan fingerprint density at radius 1 is 0.646 bits per heavy atom. The Labute approximate surface area is 362 Å². The monoisotopic (exact) mass is 928 g/mol. The van der Waals surface area contributed by atoms with Crippen molar-refractivity contribution >= 4 is 34.4 Å². The molecule has 1 aliphatic carbocycles. The van der Waals surface area contributed by atoms with Crippen LogP contribution in [-0.2, 0) is 19.1 Å². The average molecular weight is 929 g/mol. The number of benzene rings is 4. The van der Waals surface area contributed by atoms with Crippen molar-refractivity contribution in [1.82, 2.24) is 4.98 Å². The van der Waals surface area contributed by atoms with Gasteiger partial charge in [-0.05, 0) is 48.5 Å². The lowest BCUT2D eigenvalue weighted by Gasteiger charge is -2.37. The number of aliphatic hydroxyl groups is 9. The molecule has 4 heterocycles. The number of amides is 1. The molecule has 3 aromatic rings. The van der Waals surface area contributed by atoms with E-state index in [-0.39, 0.29) is 28.6 Å². The van der Waals surface area contributed by atoms with Gasteiger partial charge in [0.05, 0.1) is 24.6 Å². The van der Waals surface area contributed by atoms with Crippen molar-refractivity contribution in [2.24, 2.45) is 0 Å². The molecule has 1 amide bonds. The summed E-state index contributed by atoms with van der Waals surface area (Å²) in [5.74, 6) is 0.147. The summed E-state index contributed by atoms with van der Waals surface area (Å²) in [5.41, 5.74) is 2.71. The van der Waals surface area contributed by atoms with Crippen LogP contribution in [0, 0.1) is 9.93 Å². The van der Waals surface area contributed by atoms with Crippen LogP contribution in [0.15, 0.2) is 82.0 Å². The van der Waals surface area contributed by atoms with Crippen LogP contribution in [-0.4, -0.2) is 168 Å². The number of hydrogen-bond acceptors (Lipinski definition) is 26. The minimum absolute atomic E-state index is 0.0471. The van der Waals surface area contributed by atoms with Crippen LogP contribution in [0.25, 0.3) is 22.6 Å². The summed E-state index contributed by atoms with van der Waals surface area (Å²) in [6.45, 7) is 0.331. The highest BCUT2D eigenvalue weighted by Gasteiger charge is 2.44. The number of aromatic hydroxyl groups is 3. The number of phenols is 3. The summed E-state index contributed by atoms with van der Waals surface area (Å²) in [6.07, 6.45) is -13.0. The molecule has 16 N–H and O–H groups in total. The van der Waals surface area contributed by atoms with Crippen molar-refractivity contribution in [3.8, 4) is 40.2 Å². The number of carbonyl (C=O) groups excluding carboxylic acids is 2. The highest BCUT2D eigenvalue weighted by Crippen LogP contribution is 2.48. The van der Waals surface area contributed by atoms with Gasteiger partial charge in [-0.2, -0.15) is 0 Å². The average Bonchev–Trinajstić information content (AvgIpc) is 3.30. The zero-order valence-electron chi connectivity index (χ0n) is 33.3. The molecule has 65 heavy (non-hydrogen) atoms. The third kappa shape index (κ3) is 13.7. The van der Waals surface area contributed by atoms with Crippen molar-refractivity contribution in [3.63, 3.8) is 0 Å². The van der Waals surface area contributed by atoms with Crippen LogP contribution in [0.5, 0.6) is 28.7 Å². The summed E-state index contributed by atoms with van der Waals surface area (Å²) < 4.78 is 20.0. The first-order valence-corrected chi connectivity index (χ1v) is 18.0. The Balaban J connectivity index is 0.000000291.